The summed E-state index contributed by atoms with van der Waals surface area (Å²) in [5, 5.41) is 11.2. The molecule has 1 aromatic rings. The summed E-state index contributed by atoms with van der Waals surface area (Å²) in [6.45, 7) is 6.51. The Hall–Kier alpha value is -1.11. The number of nitrogens with zero attached hydrogens (tertiary/aromatic N) is 3. The van der Waals surface area contributed by atoms with Gasteiger partial charge in [-0.1, -0.05) is 13.8 Å². The largest absolute Gasteiger partial charge is 0.355 e. The molecule has 2 heterocycles. The summed E-state index contributed by atoms with van der Waals surface area (Å²) in [5.41, 5.74) is 5.79. The van der Waals surface area contributed by atoms with Gasteiger partial charge in [-0.25, -0.2) is 0 Å². The van der Waals surface area contributed by atoms with E-state index in [9.17, 15) is 4.79 Å². The minimum absolute atomic E-state index is 0. The van der Waals surface area contributed by atoms with Crippen molar-refractivity contribution in [1.82, 2.24) is 15.5 Å². The van der Waals surface area contributed by atoms with E-state index >= 15 is 0 Å². The molecule has 3 N–H and O–H groups in total. The Morgan fingerprint density at radius 1 is 1.22 bits per heavy atom. The highest BCUT2D eigenvalue weighted by atomic mass is 35.5. The minimum Gasteiger partial charge on any atom is -0.355 e. The molecule has 8 heteroatoms. The first-order valence-electron chi connectivity index (χ1n) is 7.75. The van der Waals surface area contributed by atoms with Crippen LogP contribution in [0.5, 0.6) is 0 Å². The average molecular weight is 364 g/mol. The molecular weight excluding hydrogens is 337 g/mol. The van der Waals surface area contributed by atoms with Crippen LogP contribution in [-0.4, -0.2) is 41.3 Å². The number of hydrogen-bond acceptors (Lipinski definition) is 5. The van der Waals surface area contributed by atoms with E-state index in [0.717, 1.165) is 31.7 Å². The number of aromatic nitrogens is 2. The van der Waals surface area contributed by atoms with Gasteiger partial charge in [0, 0.05) is 19.6 Å². The quantitative estimate of drug-likeness (QED) is 0.808. The Bertz CT molecular complexity index is 465. The van der Waals surface area contributed by atoms with Gasteiger partial charge in [0.05, 0.1) is 5.54 Å². The highest BCUT2D eigenvalue weighted by Crippen LogP contribution is 2.17. The normalized spacial score (nSPS) is 14.0. The van der Waals surface area contributed by atoms with E-state index in [1.165, 1.54) is 12.8 Å². The number of nitrogens with two attached hydrogens (primary N) is 1. The first kappa shape index (κ1) is 21.9. The Morgan fingerprint density at radius 2 is 1.83 bits per heavy atom. The predicted molar refractivity (Wildman–Crippen MR) is 97.8 cm³/mol. The lowest BCUT2D eigenvalue weighted by molar-refractivity contribution is 0.0889. The molecule has 1 amide bonds. The molecule has 1 saturated heterocycles. The second-order valence-electron chi connectivity index (χ2n) is 5.62. The van der Waals surface area contributed by atoms with Crippen molar-refractivity contribution in [1.29, 1.82) is 0 Å². The third kappa shape index (κ3) is 5.19. The van der Waals surface area contributed by atoms with Crippen molar-refractivity contribution in [2.45, 2.75) is 45.1 Å². The Labute approximate surface area is 150 Å². The molecule has 2 rings (SSSR count). The third-order valence-corrected chi connectivity index (χ3v) is 4.44. The maximum atomic E-state index is 12.3. The Kier molecular flexibility index (Phi) is 9.42. The average Bonchev–Trinajstić information content (AvgIpc) is 3.07. The summed E-state index contributed by atoms with van der Waals surface area (Å²) in [6, 6.07) is 3.61. The molecule has 1 fully saturated rings. The van der Waals surface area contributed by atoms with Crippen LogP contribution in [0.1, 0.15) is 50.0 Å². The van der Waals surface area contributed by atoms with Crippen LogP contribution >= 0.6 is 24.8 Å². The van der Waals surface area contributed by atoms with Crippen LogP contribution in [0.2, 0.25) is 0 Å². The lowest BCUT2D eigenvalue weighted by Gasteiger charge is -2.31. The number of halogens is 2. The summed E-state index contributed by atoms with van der Waals surface area (Å²) in [7, 11) is 0. The lowest BCUT2D eigenvalue weighted by Crippen LogP contribution is -2.53. The number of hydrogen-bond donors (Lipinski definition) is 2. The smallest absolute Gasteiger partial charge is 0.272 e. The highest BCUT2D eigenvalue weighted by Gasteiger charge is 2.27. The van der Waals surface area contributed by atoms with Crippen molar-refractivity contribution in [2.24, 2.45) is 5.73 Å². The summed E-state index contributed by atoms with van der Waals surface area (Å²) in [6.07, 6.45) is 3.97. The zero-order valence-corrected chi connectivity index (χ0v) is 15.4. The van der Waals surface area contributed by atoms with E-state index < -0.39 is 0 Å². The van der Waals surface area contributed by atoms with Gasteiger partial charge in [0.1, 0.15) is 0 Å². The van der Waals surface area contributed by atoms with E-state index in [2.05, 4.69) is 20.4 Å². The van der Waals surface area contributed by atoms with Crippen LogP contribution in [0.3, 0.4) is 0 Å². The molecule has 1 aliphatic heterocycles. The molecule has 6 nitrogen and oxygen atoms in total. The van der Waals surface area contributed by atoms with E-state index in [1.54, 1.807) is 6.07 Å². The third-order valence-electron chi connectivity index (χ3n) is 4.44. The first-order valence-corrected chi connectivity index (χ1v) is 7.75. The van der Waals surface area contributed by atoms with Crippen LogP contribution in [0.25, 0.3) is 0 Å². The van der Waals surface area contributed by atoms with E-state index in [0.29, 0.717) is 12.2 Å². The summed E-state index contributed by atoms with van der Waals surface area (Å²) in [5.74, 6) is 0.643. The molecule has 0 saturated carbocycles. The van der Waals surface area contributed by atoms with Crippen molar-refractivity contribution in [3.63, 3.8) is 0 Å². The number of carbonyl (C=O) groups is 1. The number of nitrogens with one attached hydrogen (secondary N) is 1. The maximum absolute atomic E-state index is 12.3. The summed E-state index contributed by atoms with van der Waals surface area (Å²) in [4.78, 5) is 14.5. The molecule has 132 valence electrons. The van der Waals surface area contributed by atoms with Gasteiger partial charge in [-0.05, 0) is 37.8 Å². The van der Waals surface area contributed by atoms with Crippen molar-refractivity contribution in [2.75, 3.05) is 24.5 Å². The fourth-order valence-electron chi connectivity index (χ4n) is 2.63. The van der Waals surface area contributed by atoms with Crippen molar-refractivity contribution >= 4 is 36.5 Å². The van der Waals surface area contributed by atoms with Gasteiger partial charge >= 0.3 is 0 Å². The molecular formula is C15H27Cl2N5O. The number of amides is 1. The number of anilines is 1. The van der Waals surface area contributed by atoms with Crippen LogP contribution in [0.15, 0.2) is 12.1 Å². The molecule has 0 aromatic carbocycles. The standard InChI is InChI=1S/C15H25N5O.2ClH/c1-3-15(4-2,11-16)17-14(21)12-7-8-13(19-18-12)20-9-5-6-10-20;;/h7-8H,3-6,9-11,16H2,1-2H3,(H,17,21);2*1H. The van der Waals surface area contributed by atoms with E-state index in [4.69, 9.17) is 5.73 Å². The van der Waals surface area contributed by atoms with Crippen molar-refractivity contribution in [3.05, 3.63) is 17.8 Å². The van der Waals surface area contributed by atoms with Crippen LogP contribution in [0.4, 0.5) is 5.82 Å². The van der Waals surface area contributed by atoms with Crippen molar-refractivity contribution in [3.8, 4) is 0 Å². The fraction of sp³-hybridized carbons (Fsp3) is 0.667. The zero-order valence-electron chi connectivity index (χ0n) is 13.7. The number of rotatable bonds is 6. The van der Waals surface area contributed by atoms with Gasteiger partial charge < -0.3 is 16.0 Å². The van der Waals surface area contributed by atoms with Gasteiger partial charge in [-0.2, -0.15) is 0 Å². The first-order chi connectivity index (χ1) is 10.1. The fourth-order valence-corrected chi connectivity index (χ4v) is 2.63. The monoisotopic (exact) mass is 363 g/mol. The molecule has 0 radical (unpaired) electrons. The Morgan fingerprint density at radius 3 is 2.26 bits per heavy atom. The van der Waals surface area contributed by atoms with E-state index in [-0.39, 0.29) is 36.3 Å². The van der Waals surface area contributed by atoms with Gasteiger partial charge in [0.2, 0.25) is 0 Å². The number of carbonyl (C=O) groups excluding carboxylic acids is 1. The van der Waals surface area contributed by atoms with Gasteiger partial charge in [0.25, 0.3) is 5.91 Å². The van der Waals surface area contributed by atoms with E-state index in [1.807, 2.05) is 19.9 Å². The highest BCUT2D eigenvalue weighted by molar-refractivity contribution is 5.92. The van der Waals surface area contributed by atoms with Gasteiger partial charge in [0.15, 0.2) is 11.5 Å². The second kappa shape index (κ2) is 9.90. The summed E-state index contributed by atoms with van der Waals surface area (Å²) >= 11 is 0. The molecule has 0 spiro atoms. The van der Waals surface area contributed by atoms with Crippen molar-refractivity contribution < 1.29 is 4.79 Å². The maximum Gasteiger partial charge on any atom is 0.272 e. The molecule has 0 atom stereocenters. The predicted octanol–water partition coefficient (Wildman–Crippen LogP) is 2.17. The lowest BCUT2D eigenvalue weighted by atomic mass is 9.93. The molecule has 0 unspecified atom stereocenters. The minimum atomic E-state index is -0.355. The zero-order chi connectivity index (χ0) is 15.3. The van der Waals surface area contributed by atoms with Crippen LogP contribution in [-0.2, 0) is 0 Å². The molecule has 23 heavy (non-hydrogen) atoms. The second-order valence-corrected chi connectivity index (χ2v) is 5.62. The molecule has 0 bridgehead atoms. The Balaban J connectivity index is 0.00000242. The van der Waals surface area contributed by atoms with Gasteiger partial charge in [-0.3, -0.25) is 4.79 Å². The molecule has 1 aromatic heterocycles. The van der Waals surface area contributed by atoms with Gasteiger partial charge in [-0.15, -0.1) is 35.0 Å². The van der Waals surface area contributed by atoms with Crippen LogP contribution < -0.4 is 16.0 Å². The SMILES string of the molecule is CCC(CC)(CN)NC(=O)c1ccc(N2CCCC2)nn1.Cl.Cl. The topological polar surface area (TPSA) is 84.1 Å². The molecule has 1 aliphatic rings. The summed E-state index contributed by atoms with van der Waals surface area (Å²) < 4.78 is 0. The molecule has 0 aliphatic carbocycles. The van der Waals surface area contributed by atoms with Crippen LogP contribution in [0, 0.1) is 0 Å².